The van der Waals surface area contributed by atoms with Gasteiger partial charge in [-0.25, -0.2) is 0 Å². The Hall–Kier alpha value is -0.340. The van der Waals surface area contributed by atoms with Crippen LogP contribution in [-0.4, -0.2) is 43.7 Å². The molecule has 2 saturated heterocycles. The highest BCUT2D eigenvalue weighted by Gasteiger charge is 2.34. The number of nitrogens with zero attached hydrogens (tertiary/aromatic N) is 2. The van der Waals surface area contributed by atoms with Crippen LogP contribution in [-0.2, 0) is 10.2 Å². The Bertz CT molecular complexity index is 550. The highest BCUT2D eigenvalue weighted by molar-refractivity contribution is 14.0. The van der Waals surface area contributed by atoms with Crippen molar-refractivity contribution in [1.29, 1.82) is 0 Å². The predicted molar refractivity (Wildman–Crippen MR) is 118 cm³/mol. The first-order chi connectivity index (χ1) is 11.7. The van der Waals surface area contributed by atoms with E-state index in [2.05, 4.69) is 45.1 Å². The fourth-order valence-electron chi connectivity index (χ4n) is 3.74. The predicted octanol–water partition coefficient (Wildman–Crippen LogP) is 4.31. The van der Waals surface area contributed by atoms with E-state index in [0.717, 1.165) is 56.1 Å². The third kappa shape index (κ3) is 5.57. The Balaban J connectivity index is 0.00000225. The van der Waals surface area contributed by atoms with Crippen LogP contribution in [0.4, 0.5) is 0 Å². The Morgan fingerprint density at radius 1 is 1.08 bits per heavy atom. The molecule has 4 nitrogen and oxygen atoms in total. The number of halogens is 2. The van der Waals surface area contributed by atoms with Gasteiger partial charge in [0.2, 0.25) is 0 Å². The minimum Gasteiger partial charge on any atom is -0.381 e. The third-order valence-electron chi connectivity index (χ3n) is 5.38. The van der Waals surface area contributed by atoms with E-state index in [0.29, 0.717) is 0 Å². The van der Waals surface area contributed by atoms with Gasteiger partial charge >= 0.3 is 0 Å². The molecule has 0 unspecified atom stereocenters. The van der Waals surface area contributed by atoms with Gasteiger partial charge in [-0.1, -0.05) is 40.9 Å². The van der Waals surface area contributed by atoms with Crippen molar-refractivity contribution in [2.45, 2.75) is 43.9 Å². The van der Waals surface area contributed by atoms with Crippen LogP contribution >= 0.6 is 39.9 Å². The molecule has 2 N–H and O–H groups in total. The third-order valence-corrected chi connectivity index (χ3v) is 5.91. The molecule has 0 spiro atoms. The van der Waals surface area contributed by atoms with Gasteiger partial charge in [0.15, 0.2) is 5.96 Å². The average Bonchev–Trinajstić information content (AvgIpc) is 2.90. The van der Waals surface area contributed by atoms with Gasteiger partial charge in [-0.15, -0.1) is 24.0 Å². The molecule has 2 aliphatic heterocycles. The zero-order valence-electron chi connectivity index (χ0n) is 14.8. The summed E-state index contributed by atoms with van der Waals surface area (Å²) in [5, 5.41) is 0. The molecule has 0 atom stereocenters. The fraction of sp³-hybridized carbons (Fsp3) is 0.632. The van der Waals surface area contributed by atoms with Crippen LogP contribution in [0.25, 0.3) is 0 Å². The number of hydrogen-bond donors (Lipinski definition) is 1. The Labute approximate surface area is 176 Å². The van der Waals surface area contributed by atoms with Crippen LogP contribution in [0.15, 0.2) is 33.7 Å². The Morgan fingerprint density at radius 2 is 1.68 bits per heavy atom. The summed E-state index contributed by atoms with van der Waals surface area (Å²) in [7, 11) is 0. The summed E-state index contributed by atoms with van der Waals surface area (Å²) >= 11 is 3.53. The largest absolute Gasteiger partial charge is 0.381 e. The monoisotopic (exact) mass is 521 g/mol. The second kappa shape index (κ2) is 10.1. The number of guanidine groups is 1. The normalized spacial score (nSPS) is 21.3. The molecule has 6 heteroatoms. The number of hydrogen-bond acceptors (Lipinski definition) is 2. The molecule has 0 radical (unpaired) electrons. The van der Waals surface area contributed by atoms with Crippen molar-refractivity contribution in [3.8, 4) is 0 Å². The van der Waals surface area contributed by atoms with Crippen LogP contribution < -0.4 is 5.73 Å². The summed E-state index contributed by atoms with van der Waals surface area (Å²) in [5.41, 5.74) is 7.73. The first kappa shape index (κ1) is 21.0. The zero-order chi connectivity index (χ0) is 16.8. The van der Waals surface area contributed by atoms with Crippen molar-refractivity contribution in [2.75, 3.05) is 32.8 Å². The molecule has 25 heavy (non-hydrogen) atoms. The van der Waals surface area contributed by atoms with Gasteiger partial charge in [-0.2, -0.15) is 0 Å². The Kier molecular flexibility index (Phi) is 8.48. The highest BCUT2D eigenvalue weighted by atomic mass is 127. The van der Waals surface area contributed by atoms with Crippen LogP contribution in [0.2, 0.25) is 0 Å². The summed E-state index contributed by atoms with van der Waals surface area (Å²) in [5.74, 6) is 0.722. The maximum Gasteiger partial charge on any atom is 0.191 e. The van der Waals surface area contributed by atoms with Gasteiger partial charge in [-0.05, 0) is 43.4 Å². The van der Waals surface area contributed by atoms with Gasteiger partial charge in [0, 0.05) is 36.2 Å². The second-order valence-corrected chi connectivity index (χ2v) is 7.89. The van der Waals surface area contributed by atoms with Gasteiger partial charge in [-0.3, -0.25) is 4.99 Å². The number of ether oxygens (including phenoxy) is 1. The van der Waals surface area contributed by atoms with Gasteiger partial charge < -0.3 is 15.4 Å². The summed E-state index contributed by atoms with van der Waals surface area (Å²) in [4.78, 5) is 7.10. The van der Waals surface area contributed by atoms with E-state index in [1.807, 2.05) is 0 Å². The van der Waals surface area contributed by atoms with Crippen molar-refractivity contribution in [3.63, 3.8) is 0 Å². The molecule has 3 rings (SSSR count). The maximum atomic E-state index is 6.33. The molecule has 0 saturated carbocycles. The molecule has 2 aliphatic rings. The molecule has 1 aromatic rings. The van der Waals surface area contributed by atoms with Crippen molar-refractivity contribution in [1.82, 2.24) is 4.90 Å². The maximum absolute atomic E-state index is 6.33. The highest BCUT2D eigenvalue weighted by Crippen LogP contribution is 2.36. The van der Waals surface area contributed by atoms with Crippen LogP contribution in [0.5, 0.6) is 0 Å². The summed E-state index contributed by atoms with van der Waals surface area (Å²) in [6, 6.07) is 8.67. The molecular formula is C19H29BrIN3O. The Morgan fingerprint density at radius 3 is 2.28 bits per heavy atom. The van der Waals surface area contributed by atoms with E-state index in [1.54, 1.807) is 0 Å². The second-order valence-electron chi connectivity index (χ2n) is 6.98. The lowest BCUT2D eigenvalue weighted by Crippen LogP contribution is -2.41. The summed E-state index contributed by atoms with van der Waals surface area (Å²) in [6.45, 7) is 4.44. The number of benzene rings is 1. The van der Waals surface area contributed by atoms with E-state index in [9.17, 15) is 0 Å². The molecular weight excluding hydrogens is 493 g/mol. The minimum absolute atomic E-state index is 0. The van der Waals surface area contributed by atoms with E-state index in [-0.39, 0.29) is 29.4 Å². The number of nitrogens with two attached hydrogens (primary N) is 1. The van der Waals surface area contributed by atoms with Gasteiger partial charge in [0.25, 0.3) is 0 Å². The molecule has 0 aliphatic carbocycles. The lowest BCUT2D eigenvalue weighted by atomic mass is 9.74. The van der Waals surface area contributed by atoms with Crippen LogP contribution in [0, 0.1) is 0 Å². The molecule has 2 heterocycles. The smallest absolute Gasteiger partial charge is 0.191 e. The van der Waals surface area contributed by atoms with E-state index in [4.69, 9.17) is 15.5 Å². The van der Waals surface area contributed by atoms with E-state index < -0.39 is 0 Å². The first-order valence-electron chi connectivity index (χ1n) is 9.08. The van der Waals surface area contributed by atoms with E-state index >= 15 is 0 Å². The van der Waals surface area contributed by atoms with Crippen LogP contribution in [0.1, 0.15) is 44.1 Å². The lowest BCUT2D eigenvalue weighted by molar-refractivity contribution is 0.0530. The first-order valence-corrected chi connectivity index (χ1v) is 9.88. The van der Waals surface area contributed by atoms with E-state index in [1.165, 1.54) is 31.2 Å². The van der Waals surface area contributed by atoms with Crippen molar-refractivity contribution in [3.05, 3.63) is 34.3 Å². The molecule has 140 valence electrons. The molecule has 0 amide bonds. The molecule has 0 bridgehead atoms. The van der Waals surface area contributed by atoms with Gasteiger partial charge in [0.05, 0.1) is 6.54 Å². The standard InChI is InChI=1S/C19H28BrN3O.HI/c20-17-7-5-16(6-8-17)19(9-13-24-14-10-19)15-22-18(21)23-11-3-1-2-4-12-23;/h5-8H,1-4,9-15H2,(H2,21,22);1H. The van der Waals surface area contributed by atoms with Crippen molar-refractivity contribution in [2.24, 2.45) is 10.7 Å². The lowest BCUT2D eigenvalue weighted by Gasteiger charge is -2.37. The molecule has 0 aromatic heterocycles. The van der Waals surface area contributed by atoms with Crippen molar-refractivity contribution >= 4 is 45.9 Å². The summed E-state index contributed by atoms with van der Waals surface area (Å²) in [6.07, 6.45) is 7.08. The SMILES string of the molecule is I.NC(=NCC1(c2ccc(Br)cc2)CCOCC1)N1CCCCCC1. The molecule has 1 aromatic carbocycles. The van der Waals surface area contributed by atoms with Gasteiger partial charge in [0.1, 0.15) is 0 Å². The number of likely N-dealkylation sites (tertiary alicyclic amines) is 1. The number of rotatable bonds is 3. The van der Waals surface area contributed by atoms with Crippen LogP contribution in [0.3, 0.4) is 0 Å². The minimum atomic E-state index is 0. The molecule has 2 fully saturated rings. The van der Waals surface area contributed by atoms with Crippen molar-refractivity contribution < 1.29 is 4.74 Å². The zero-order valence-corrected chi connectivity index (χ0v) is 18.7. The summed E-state index contributed by atoms with van der Waals surface area (Å²) < 4.78 is 6.72. The average molecular weight is 522 g/mol. The number of aliphatic imine (C=N–C) groups is 1. The fourth-order valence-corrected chi connectivity index (χ4v) is 4.00. The topological polar surface area (TPSA) is 50.9 Å². The quantitative estimate of drug-likeness (QED) is 0.366.